The summed E-state index contributed by atoms with van der Waals surface area (Å²) in [5, 5.41) is 5.07. The highest BCUT2D eigenvalue weighted by molar-refractivity contribution is 5.72. The second kappa shape index (κ2) is 5.88. The topological polar surface area (TPSA) is 41.1 Å². The predicted octanol–water partition coefficient (Wildman–Crippen LogP) is 0.366. The summed E-state index contributed by atoms with van der Waals surface area (Å²) in [5.41, 5.74) is 0. The minimum atomic E-state index is -2.36. The molecule has 0 aromatic carbocycles. The van der Waals surface area contributed by atoms with Crippen LogP contribution in [0.1, 0.15) is 13.8 Å². The maximum Gasteiger partial charge on any atom is 0.253 e. The first-order valence-electron chi connectivity index (χ1n) is 3.80. The standard InChI is InChI=1S/C7H14F2N2O/c1-5(7(8)9)10-3-4-11-6(2)12/h5,7,10H,3-4H2,1-2H3,(H,11,12). The Morgan fingerprint density at radius 2 is 2.00 bits per heavy atom. The Hall–Kier alpha value is -0.710. The van der Waals surface area contributed by atoms with Crippen LogP contribution in [0.3, 0.4) is 0 Å². The molecule has 1 unspecified atom stereocenters. The van der Waals surface area contributed by atoms with Crippen LogP contribution >= 0.6 is 0 Å². The van der Waals surface area contributed by atoms with Gasteiger partial charge in [0.15, 0.2) is 0 Å². The Labute approximate surface area is 70.5 Å². The van der Waals surface area contributed by atoms with Crippen molar-refractivity contribution >= 4 is 5.91 Å². The van der Waals surface area contributed by atoms with Gasteiger partial charge in [-0.2, -0.15) is 0 Å². The van der Waals surface area contributed by atoms with Gasteiger partial charge in [0.25, 0.3) is 6.43 Å². The molecule has 0 radical (unpaired) electrons. The Bertz CT molecular complexity index is 141. The summed E-state index contributed by atoms with van der Waals surface area (Å²) in [6, 6.07) is -0.821. The second-order valence-electron chi connectivity index (χ2n) is 2.56. The quantitative estimate of drug-likeness (QED) is 0.600. The lowest BCUT2D eigenvalue weighted by Crippen LogP contribution is -2.38. The van der Waals surface area contributed by atoms with Crippen LogP contribution < -0.4 is 10.6 Å². The van der Waals surface area contributed by atoms with Crippen LogP contribution in [0, 0.1) is 0 Å². The zero-order chi connectivity index (χ0) is 9.56. The highest BCUT2D eigenvalue weighted by Gasteiger charge is 2.12. The molecule has 0 saturated heterocycles. The molecule has 5 heteroatoms. The maximum atomic E-state index is 11.9. The van der Waals surface area contributed by atoms with Crippen molar-refractivity contribution in [2.24, 2.45) is 0 Å². The average Bonchev–Trinajstić information content (AvgIpc) is 1.97. The highest BCUT2D eigenvalue weighted by Crippen LogP contribution is 1.97. The lowest BCUT2D eigenvalue weighted by molar-refractivity contribution is -0.118. The number of nitrogens with one attached hydrogen (secondary N) is 2. The van der Waals surface area contributed by atoms with E-state index in [9.17, 15) is 13.6 Å². The molecule has 0 bridgehead atoms. The molecule has 0 fully saturated rings. The number of alkyl halides is 2. The molecule has 0 spiro atoms. The van der Waals surface area contributed by atoms with Crippen molar-refractivity contribution < 1.29 is 13.6 Å². The first kappa shape index (κ1) is 11.3. The molecule has 0 rings (SSSR count). The van der Waals surface area contributed by atoms with Gasteiger partial charge in [0.05, 0.1) is 6.04 Å². The third kappa shape index (κ3) is 6.03. The van der Waals surface area contributed by atoms with Crippen LogP contribution in [-0.4, -0.2) is 31.5 Å². The molecule has 0 aliphatic heterocycles. The highest BCUT2D eigenvalue weighted by atomic mass is 19.3. The van der Waals surface area contributed by atoms with Gasteiger partial charge in [0, 0.05) is 20.0 Å². The van der Waals surface area contributed by atoms with E-state index in [1.165, 1.54) is 13.8 Å². The minimum Gasteiger partial charge on any atom is -0.355 e. The third-order valence-electron chi connectivity index (χ3n) is 1.34. The first-order chi connectivity index (χ1) is 5.54. The van der Waals surface area contributed by atoms with Gasteiger partial charge in [-0.15, -0.1) is 0 Å². The summed E-state index contributed by atoms with van der Waals surface area (Å²) < 4.78 is 23.7. The number of rotatable bonds is 5. The van der Waals surface area contributed by atoms with E-state index in [-0.39, 0.29) is 5.91 Å². The molecule has 0 aromatic heterocycles. The van der Waals surface area contributed by atoms with Crippen molar-refractivity contribution in [2.75, 3.05) is 13.1 Å². The van der Waals surface area contributed by atoms with E-state index in [4.69, 9.17) is 0 Å². The second-order valence-corrected chi connectivity index (χ2v) is 2.56. The Morgan fingerprint density at radius 1 is 1.42 bits per heavy atom. The first-order valence-corrected chi connectivity index (χ1v) is 3.80. The fourth-order valence-electron chi connectivity index (χ4n) is 0.627. The molecule has 0 heterocycles. The summed E-state index contributed by atoms with van der Waals surface area (Å²) in [6.45, 7) is 3.53. The Balaban J connectivity index is 3.25. The molecule has 12 heavy (non-hydrogen) atoms. The molecular formula is C7H14F2N2O. The van der Waals surface area contributed by atoms with Crippen molar-refractivity contribution in [3.8, 4) is 0 Å². The monoisotopic (exact) mass is 180 g/mol. The van der Waals surface area contributed by atoms with E-state index < -0.39 is 12.5 Å². The van der Waals surface area contributed by atoms with Crippen LogP contribution in [0.25, 0.3) is 0 Å². The van der Waals surface area contributed by atoms with Crippen LogP contribution in [0.15, 0.2) is 0 Å². The van der Waals surface area contributed by atoms with Gasteiger partial charge in [-0.05, 0) is 6.92 Å². The number of hydrogen-bond acceptors (Lipinski definition) is 2. The molecule has 2 N–H and O–H groups in total. The zero-order valence-electron chi connectivity index (χ0n) is 7.23. The van der Waals surface area contributed by atoms with Gasteiger partial charge in [0.2, 0.25) is 5.91 Å². The summed E-state index contributed by atoms with van der Waals surface area (Å²) in [6.07, 6.45) is -2.36. The Morgan fingerprint density at radius 3 is 2.42 bits per heavy atom. The molecule has 0 aliphatic carbocycles. The van der Waals surface area contributed by atoms with Crippen molar-refractivity contribution in [3.63, 3.8) is 0 Å². The van der Waals surface area contributed by atoms with Gasteiger partial charge in [-0.25, -0.2) is 8.78 Å². The molecule has 0 aliphatic rings. The van der Waals surface area contributed by atoms with E-state index in [0.717, 1.165) is 0 Å². The van der Waals surface area contributed by atoms with Crippen molar-refractivity contribution in [3.05, 3.63) is 0 Å². The summed E-state index contributed by atoms with van der Waals surface area (Å²) in [7, 11) is 0. The van der Waals surface area contributed by atoms with Crippen LogP contribution in [0.2, 0.25) is 0 Å². The fraction of sp³-hybridized carbons (Fsp3) is 0.857. The molecule has 1 amide bonds. The number of hydrogen-bond donors (Lipinski definition) is 2. The van der Waals surface area contributed by atoms with Crippen molar-refractivity contribution in [2.45, 2.75) is 26.3 Å². The molecule has 0 aromatic rings. The Kier molecular flexibility index (Phi) is 5.53. The summed E-state index contributed by atoms with van der Waals surface area (Å²) in [5.74, 6) is -0.151. The van der Waals surface area contributed by atoms with Crippen LogP contribution in [0.4, 0.5) is 8.78 Å². The normalized spacial score (nSPS) is 13.1. The minimum absolute atomic E-state index is 0.151. The van der Waals surface area contributed by atoms with Crippen LogP contribution in [-0.2, 0) is 4.79 Å². The van der Waals surface area contributed by atoms with Crippen molar-refractivity contribution in [1.29, 1.82) is 0 Å². The number of carbonyl (C=O) groups excluding carboxylic acids is 1. The molecule has 3 nitrogen and oxygen atoms in total. The lowest BCUT2D eigenvalue weighted by atomic mass is 10.3. The largest absolute Gasteiger partial charge is 0.355 e. The SMILES string of the molecule is CC(=O)NCCNC(C)C(F)F. The van der Waals surface area contributed by atoms with E-state index in [0.29, 0.717) is 13.1 Å². The van der Waals surface area contributed by atoms with Gasteiger partial charge >= 0.3 is 0 Å². The maximum absolute atomic E-state index is 11.9. The molecule has 1 atom stereocenters. The van der Waals surface area contributed by atoms with Crippen LogP contribution in [0.5, 0.6) is 0 Å². The van der Waals surface area contributed by atoms with E-state index in [1.54, 1.807) is 0 Å². The van der Waals surface area contributed by atoms with Gasteiger partial charge in [-0.3, -0.25) is 4.79 Å². The molecule has 0 saturated carbocycles. The van der Waals surface area contributed by atoms with E-state index in [2.05, 4.69) is 10.6 Å². The number of halogens is 2. The van der Waals surface area contributed by atoms with Gasteiger partial charge < -0.3 is 10.6 Å². The van der Waals surface area contributed by atoms with Crippen molar-refractivity contribution in [1.82, 2.24) is 10.6 Å². The molecule has 72 valence electrons. The molecular weight excluding hydrogens is 166 g/mol. The number of amides is 1. The van der Waals surface area contributed by atoms with E-state index in [1.807, 2.05) is 0 Å². The number of carbonyl (C=O) groups is 1. The smallest absolute Gasteiger partial charge is 0.253 e. The van der Waals surface area contributed by atoms with Gasteiger partial charge in [0.1, 0.15) is 0 Å². The lowest BCUT2D eigenvalue weighted by Gasteiger charge is -2.12. The van der Waals surface area contributed by atoms with E-state index >= 15 is 0 Å². The summed E-state index contributed by atoms with van der Waals surface area (Å²) >= 11 is 0. The third-order valence-corrected chi connectivity index (χ3v) is 1.34. The summed E-state index contributed by atoms with van der Waals surface area (Å²) in [4.78, 5) is 10.3. The van der Waals surface area contributed by atoms with Gasteiger partial charge in [-0.1, -0.05) is 0 Å². The fourth-order valence-corrected chi connectivity index (χ4v) is 0.627. The zero-order valence-corrected chi connectivity index (χ0v) is 7.23. The predicted molar refractivity (Wildman–Crippen MR) is 42.2 cm³/mol. The average molecular weight is 180 g/mol.